The molecular formula is C52H55N4O+. The third-order valence-electron chi connectivity index (χ3n) is 11.4. The minimum absolute atomic E-state index is 0.0440. The molecule has 3 heterocycles. The molecule has 0 unspecified atom stereocenters. The summed E-state index contributed by atoms with van der Waals surface area (Å²) in [5.74, 6) is 1.53. The molecule has 0 bridgehead atoms. The van der Waals surface area contributed by atoms with Crippen molar-refractivity contribution in [1.29, 1.82) is 0 Å². The normalized spacial score (nSPS) is 13.9. The van der Waals surface area contributed by atoms with Crippen LogP contribution in [0.15, 0.2) is 152 Å². The van der Waals surface area contributed by atoms with Gasteiger partial charge in [-0.2, -0.15) is 0 Å². The molecule has 2 aromatic heterocycles. The molecular weight excluding hydrogens is 697 g/mol. The summed E-state index contributed by atoms with van der Waals surface area (Å²) in [5.41, 5.74) is 11.8. The number of benzene rings is 5. The first-order chi connectivity index (χ1) is 27.0. The van der Waals surface area contributed by atoms with Crippen molar-refractivity contribution in [3.8, 4) is 17.2 Å². The van der Waals surface area contributed by atoms with Gasteiger partial charge in [0.2, 0.25) is 6.33 Å². The van der Waals surface area contributed by atoms with Crippen LogP contribution >= 0.6 is 0 Å². The van der Waals surface area contributed by atoms with Crippen LogP contribution in [0.2, 0.25) is 0 Å². The van der Waals surface area contributed by atoms with Crippen LogP contribution in [0.3, 0.4) is 0 Å². The fraction of sp³-hybridized carbons (Fsp3) is 0.269. The maximum absolute atomic E-state index is 6.77. The molecule has 0 saturated heterocycles. The summed E-state index contributed by atoms with van der Waals surface area (Å²) in [6.07, 6.45) is 8.07. The Morgan fingerprint density at radius 2 is 1.14 bits per heavy atom. The van der Waals surface area contributed by atoms with Gasteiger partial charge >= 0.3 is 0 Å². The Morgan fingerprint density at radius 1 is 0.561 bits per heavy atom. The summed E-state index contributed by atoms with van der Waals surface area (Å²) < 4.78 is 10.9. The van der Waals surface area contributed by atoms with Crippen molar-refractivity contribution in [2.45, 2.75) is 84.0 Å². The lowest BCUT2D eigenvalue weighted by molar-refractivity contribution is -0.670. The first-order valence-corrected chi connectivity index (χ1v) is 20.1. The zero-order valence-corrected chi connectivity index (χ0v) is 35.1. The number of nitrogens with zero attached hydrogens (tertiary/aromatic N) is 4. The van der Waals surface area contributed by atoms with Crippen molar-refractivity contribution in [2.75, 3.05) is 4.90 Å². The van der Waals surface area contributed by atoms with E-state index in [1.807, 2.05) is 54.7 Å². The second kappa shape index (κ2) is 13.9. The van der Waals surface area contributed by atoms with E-state index in [1.165, 1.54) is 27.8 Å². The Balaban J connectivity index is 1.42. The zero-order chi connectivity index (χ0) is 40.3. The summed E-state index contributed by atoms with van der Waals surface area (Å²) in [7, 11) is 2.03. The maximum atomic E-state index is 6.77. The molecule has 5 heteroatoms. The zero-order valence-electron chi connectivity index (χ0n) is 35.1. The Kier molecular flexibility index (Phi) is 9.27. The number of ether oxygens (including phenoxy) is 1. The van der Waals surface area contributed by atoms with Gasteiger partial charge in [0.1, 0.15) is 29.6 Å². The van der Waals surface area contributed by atoms with Gasteiger partial charge in [-0.05, 0) is 110 Å². The molecule has 0 N–H and O–H groups in total. The molecule has 288 valence electrons. The van der Waals surface area contributed by atoms with E-state index in [1.54, 1.807) is 0 Å². The molecule has 0 spiro atoms. The fourth-order valence-corrected chi connectivity index (χ4v) is 8.22. The third-order valence-corrected chi connectivity index (χ3v) is 11.4. The Hall–Kier alpha value is -5.94. The predicted octanol–water partition coefficient (Wildman–Crippen LogP) is 12.5. The second-order valence-corrected chi connectivity index (χ2v) is 18.7. The fourth-order valence-electron chi connectivity index (χ4n) is 8.22. The van der Waals surface area contributed by atoms with Crippen molar-refractivity contribution < 1.29 is 9.30 Å². The average Bonchev–Trinajstić information content (AvgIpc) is 3.62. The van der Waals surface area contributed by atoms with Crippen LogP contribution in [0.4, 0.5) is 17.1 Å². The Labute approximate surface area is 339 Å². The van der Waals surface area contributed by atoms with E-state index in [4.69, 9.17) is 9.72 Å². The quantitative estimate of drug-likeness (QED) is 0.159. The molecule has 0 radical (unpaired) electrons. The molecule has 57 heavy (non-hydrogen) atoms. The van der Waals surface area contributed by atoms with Gasteiger partial charge in [-0.15, -0.1) is 0 Å². The standard InChI is InChI=1S/C52H55N4O/c1-49(2,3)36-20-24-40(25-21-36)56-46-26-22-37(50(4,5)6)32-44(46)52(48-19-11-12-28-53-48,45-33-38(51(7,8)9)23-27-47(45)56)39-15-13-17-42(31-39)57-43-18-14-16-41(34-43)55-30-29-54(10)35-55/h11-35H,1-10H3/q+1. The molecule has 1 aliphatic heterocycles. The average molecular weight is 752 g/mol. The lowest BCUT2D eigenvalue weighted by atomic mass is 9.62. The van der Waals surface area contributed by atoms with E-state index < -0.39 is 5.41 Å². The topological polar surface area (TPSA) is 34.2 Å². The summed E-state index contributed by atoms with van der Waals surface area (Å²) in [6.45, 7) is 20.6. The number of pyridine rings is 1. The van der Waals surface area contributed by atoms with Gasteiger partial charge in [-0.1, -0.05) is 123 Å². The smallest absolute Gasteiger partial charge is 0.248 e. The number of aromatic nitrogens is 3. The third kappa shape index (κ3) is 6.94. The number of hydrogen-bond donors (Lipinski definition) is 0. The molecule has 0 aliphatic carbocycles. The van der Waals surface area contributed by atoms with E-state index in [2.05, 4.69) is 181 Å². The monoisotopic (exact) mass is 751 g/mol. The second-order valence-electron chi connectivity index (χ2n) is 18.7. The molecule has 1 aliphatic rings. The number of rotatable bonds is 6. The molecule has 0 atom stereocenters. The van der Waals surface area contributed by atoms with Gasteiger partial charge in [0.25, 0.3) is 0 Å². The summed E-state index contributed by atoms with van der Waals surface area (Å²) >= 11 is 0. The minimum atomic E-state index is -0.794. The summed E-state index contributed by atoms with van der Waals surface area (Å²) in [5, 5.41) is 0. The van der Waals surface area contributed by atoms with Crippen LogP contribution in [0, 0.1) is 0 Å². The van der Waals surface area contributed by atoms with E-state index >= 15 is 0 Å². The number of hydrogen-bond acceptors (Lipinski definition) is 3. The van der Waals surface area contributed by atoms with Crippen molar-refractivity contribution in [2.24, 2.45) is 7.05 Å². The molecule has 5 nitrogen and oxygen atoms in total. The van der Waals surface area contributed by atoms with Gasteiger partial charge in [0.15, 0.2) is 0 Å². The highest BCUT2D eigenvalue weighted by molar-refractivity contribution is 5.89. The first kappa shape index (κ1) is 38.0. The first-order valence-electron chi connectivity index (χ1n) is 20.1. The number of anilines is 3. The van der Waals surface area contributed by atoms with Crippen molar-refractivity contribution in [3.05, 3.63) is 191 Å². The molecule has 5 aromatic carbocycles. The number of fused-ring (bicyclic) bond motifs is 2. The van der Waals surface area contributed by atoms with Gasteiger partial charge in [0, 0.05) is 18.0 Å². The largest absolute Gasteiger partial charge is 0.457 e. The van der Waals surface area contributed by atoms with Crippen LogP contribution in [-0.4, -0.2) is 9.55 Å². The molecule has 0 saturated carbocycles. The highest BCUT2D eigenvalue weighted by Crippen LogP contribution is 2.59. The number of aryl methyl sites for hydroxylation is 1. The van der Waals surface area contributed by atoms with E-state index in [0.29, 0.717) is 0 Å². The van der Waals surface area contributed by atoms with Gasteiger partial charge in [-0.25, -0.2) is 9.13 Å². The highest BCUT2D eigenvalue weighted by atomic mass is 16.5. The molecule has 8 rings (SSSR count). The van der Waals surface area contributed by atoms with E-state index in [9.17, 15) is 0 Å². The van der Waals surface area contributed by atoms with Crippen LogP contribution in [0.5, 0.6) is 11.5 Å². The predicted molar refractivity (Wildman–Crippen MR) is 234 cm³/mol. The Bertz CT molecular complexity index is 2500. The molecule has 7 aromatic rings. The van der Waals surface area contributed by atoms with Crippen molar-refractivity contribution >= 4 is 17.1 Å². The minimum Gasteiger partial charge on any atom is -0.457 e. The maximum Gasteiger partial charge on any atom is 0.248 e. The van der Waals surface area contributed by atoms with Crippen molar-refractivity contribution in [3.63, 3.8) is 0 Å². The van der Waals surface area contributed by atoms with Gasteiger partial charge in [-0.3, -0.25) is 4.98 Å². The Morgan fingerprint density at radius 3 is 1.68 bits per heavy atom. The van der Waals surface area contributed by atoms with E-state index in [0.717, 1.165) is 45.5 Å². The van der Waals surface area contributed by atoms with Crippen LogP contribution in [0.25, 0.3) is 5.69 Å². The lowest BCUT2D eigenvalue weighted by Gasteiger charge is -2.47. The molecule has 0 fully saturated rings. The van der Waals surface area contributed by atoms with Crippen LogP contribution in [-0.2, 0) is 28.7 Å². The number of imidazole rings is 1. The van der Waals surface area contributed by atoms with Gasteiger partial charge in [0.05, 0.1) is 29.5 Å². The SMILES string of the molecule is C[n+]1ccn(-c2cccc(Oc3cccc(C4(c5ccccn5)c5cc(C(C)(C)C)ccc5N(c5ccc(C(C)(C)C)cc5)c5ccc(C(C)(C)C)cc54)c3)c2)c1. The summed E-state index contributed by atoms with van der Waals surface area (Å²) in [6, 6.07) is 46.6. The van der Waals surface area contributed by atoms with Gasteiger partial charge < -0.3 is 9.64 Å². The van der Waals surface area contributed by atoms with Crippen molar-refractivity contribution in [1.82, 2.24) is 9.55 Å². The highest BCUT2D eigenvalue weighted by Gasteiger charge is 2.48. The summed E-state index contributed by atoms with van der Waals surface area (Å²) in [4.78, 5) is 7.73. The molecule has 0 amide bonds. The van der Waals surface area contributed by atoms with Crippen LogP contribution < -0.4 is 14.2 Å². The van der Waals surface area contributed by atoms with E-state index in [-0.39, 0.29) is 16.2 Å². The lowest BCUT2D eigenvalue weighted by Crippen LogP contribution is -2.39. The van der Waals surface area contributed by atoms with Crippen LogP contribution in [0.1, 0.15) is 101 Å².